The summed E-state index contributed by atoms with van der Waals surface area (Å²) >= 11 is 1.68. The Morgan fingerprint density at radius 3 is 2.80 bits per heavy atom. The third kappa shape index (κ3) is 2.33. The SMILES string of the molecule is CCC1CCC(N(C)c2nc3sccn3c2CN)CC1. The van der Waals surface area contributed by atoms with Crippen molar-refractivity contribution in [3.63, 3.8) is 0 Å². The zero-order valence-electron chi connectivity index (χ0n) is 12.4. The summed E-state index contributed by atoms with van der Waals surface area (Å²) in [6, 6.07) is 0.618. The minimum absolute atomic E-state index is 0.544. The van der Waals surface area contributed by atoms with Crippen molar-refractivity contribution in [3.05, 3.63) is 17.3 Å². The third-order valence-electron chi connectivity index (χ3n) is 4.81. The summed E-state index contributed by atoms with van der Waals surface area (Å²) in [5, 5.41) is 2.07. The van der Waals surface area contributed by atoms with E-state index in [1.165, 1.54) is 32.1 Å². The minimum atomic E-state index is 0.544. The highest BCUT2D eigenvalue weighted by Crippen LogP contribution is 2.32. The normalized spacial score (nSPS) is 23.4. The third-order valence-corrected chi connectivity index (χ3v) is 5.57. The molecule has 2 aromatic rings. The molecule has 110 valence electrons. The van der Waals surface area contributed by atoms with Crippen LogP contribution in [0.25, 0.3) is 4.96 Å². The van der Waals surface area contributed by atoms with Crippen LogP contribution >= 0.6 is 11.3 Å². The first kappa shape index (κ1) is 13.9. The van der Waals surface area contributed by atoms with Gasteiger partial charge in [-0.25, -0.2) is 4.98 Å². The molecule has 1 aliphatic carbocycles. The van der Waals surface area contributed by atoms with Gasteiger partial charge >= 0.3 is 0 Å². The highest BCUT2D eigenvalue weighted by atomic mass is 32.1. The number of nitrogens with zero attached hydrogens (tertiary/aromatic N) is 3. The number of nitrogens with two attached hydrogens (primary N) is 1. The molecule has 0 atom stereocenters. The molecule has 0 bridgehead atoms. The maximum Gasteiger partial charge on any atom is 0.195 e. The van der Waals surface area contributed by atoms with Crippen molar-refractivity contribution in [2.75, 3.05) is 11.9 Å². The van der Waals surface area contributed by atoms with E-state index >= 15 is 0 Å². The monoisotopic (exact) mass is 292 g/mol. The average Bonchev–Trinajstić information content (AvgIpc) is 3.06. The van der Waals surface area contributed by atoms with Crippen molar-refractivity contribution in [1.29, 1.82) is 0 Å². The first-order valence-electron chi connectivity index (χ1n) is 7.61. The number of fused-ring (bicyclic) bond motifs is 1. The van der Waals surface area contributed by atoms with E-state index in [0.717, 1.165) is 22.4 Å². The van der Waals surface area contributed by atoms with Crippen LogP contribution in [-0.2, 0) is 6.54 Å². The molecule has 0 spiro atoms. The lowest BCUT2D eigenvalue weighted by Crippen LogP contribution is -2.36. The highest BCUT2D eigenvalue weighted by molar-refractivity contribution is 7.15. The van der Waals surface area contributed by atoms with Gasteiger partial charge in [-0.3, -0.25) is 4.40 Å². The molecule has 1 aliphatic rings. The number of rotatable bonds is 4. The number of anilines is 1. The number of aromatic nitrogens is 2. The lowest BCUT2D eigenvalue weighted by atomic mass is 9.84. The Morgan fingerprint density at radius 1 is 1.40 bits per heavy atom. The van der Waals surface area contributed by atoms with E-state index in [1.54, 1.807) is 11.3 Å². The molecular weight excluding hydrogens is 268 g/mol. The van der Waals surface area contributed by atoms with Gasteiger partial charge in [0.1, 0.15) is 0 Å². The van der Waals surface area contributed by atoms with Crippen LogP contribution in [0, 0.1) is 5.92 Å². The Kier molecular flexibility index (Phi) is 3.98. The summed E-state index contributed by atoms with van der Waals surface area (Å²) in [5.41, 5.74) is 7.09. The smallest absolute Gasteiger partial charge is 0.195 e. The molecule has 0 amide bonds. The Morgan fingerprint density at radius 2 is 2.15 bits per heavy atom. The van der Waals surface area contributed by atoms with Crippen molar-refractivity contribution < 1.29 is 0 Å². The van der Waals surface area contributed by atoms with Crippen LogP contribution in [0.1, 0.15) is 44.7 Å². The second-order valence-corrected chi connectivity index (χ2v) is 6.71. The first-order chi connectivity index (χ1) is 9.74. The maximum absolute atomic E-state index is 5.95. The molecule has 1 fully saturated rings. The van der Waals surface area contributed by atoms with Crippen molar-refractivity contribution >= 4 is 22.1 Å². The molecular formula is C15H24N4S. The van der Waals surface area contributed by atoms with Gasteiger partial charge < -0.3 is 10.6 Å². The van der Waals surface area contributed by atoms with Crippen molar-refractivity contribution in [3.8, 4) is 0 Å². The van der Waals surface area contributed by atoms with Crippen LogP contribution in [0.4, 0.5) is 5.82 Å². The topological polar surface area (TPSA) is 46.6 Å². The van der Waals surface area contributed by atoms with Gasteiger partial charge in [0.25, 0.3) is 0 Å². The van der Waals surface area contributed by atoms with Gasteiger partial charge in [-0.15, -0.1) is 11.3 Å². The lowest BCUT2D eigenvalue weighted by Gasteiger charge is -2.35. The Labute approximate surface area is 124 Å². The summed E-state index contributed by atoms with van der Waals surface area (Å²) in [6.45, 7) is 2.85. The zero-order valence-corrected chi connectivity index (χ0v) is 13.2. The molecule has 0 unspecified atom stereocenters. The van der Waals surface area contributed by atoms with Gasteiger partial charge in [0, 0.05) is 31.2 Å². The Hall–Kier alpha value is -1.07. The van der Waals surface area contributed by atoms with Gasteiger partial charge in [-0.05, 0) is 31.6 Å². The van der Waals surface area contributed by atoms with E-state index in [-0.39, 0.29) is 0 Å². The van der Waals surface area contributed by atoms with Crippen molar-refractivity contribution in [2.45, 2.75) is 51.6 Å². The highest BCUT2D eigenvalue weighted by Gasteiger charge is 2.26. The number of hydrogen-bond donors (Lipinski definition) is 1. The molecule has 2 N–H and O–H groups in total. The van der Waals surface area contributed by atoms with Gasteiger partial charge in [-0.1, -0.05) is 13.3 Å². The van der Waals surface area contributed by atoms with Gasteiger partial charge in [0.2, 0.25) is 0 Å². The summed E-state index contributed by atoms with van der Waals surface area (Å²) in [5.74, 6) is 2.01. The van der Waals surface area contributed by atoms with Crippen LogP contribution in [0.5, 0.6) is 0 Å². The maximum atomic E-state index is 5.95. The molecule has 1 saturated carbocycles. The van der Waals surface area contributed by atoms with Crippen molar-refractivity contribution in [2.24, 2.45) is 11.7 Å². The number of imidazole rings is 1. The number of hydrogen-bond acceptors (Lipinski definition) is 4. The van der Waals surface area contributed by atoms with Crippen molar-refractivity contribution in [1.82, 2.24) is 9.38 Å². The second-order valence-electron chi connectivity index (χ2n) is 5.84. The fourth-order valence-corrected chi connectivity index (χ4v) is 4.13. The fourth-order valence-electron chi connectivity index (χ4n) is 3.41. The summed E-state index contributed by atoms with van der Waals surface area (Å²) in [7, 11) is 2.18. The standard InChI is InChI=1S/C15H24N4S/c1-3-11-4-6-12(7-5-11)18(2)14-13(10-16)19-8-9-20-15(19)17-14/h8-9,11-12H,3-7,10,16H2,1-2H3. The summed E-state index contributed by atoms with van der Waals surface area (Å²) in [6.07, 6.45) is 8.66. The molecule has 20 heavy (non-hydrogen) atoms. The van der Waals surface area contributed by atoms with Crippen LogP contribution in [-0.4, -0.2) is 22.5 Å². The molecule has 0 saturated heterocycles. The first-order valence-corrected chi connectivity index (χ1v) is 8.49. The summed E-state index contributed by atoms with van der Waals surface area (Å²) in [4.78, 5) is 8.20. The van der Waals surface area contributed by atoms with E-state index in [0.29, 0.717) is 12.6 Å². The van der Waals surface area contributed by atoms with Crippen LogP contribution in [0.2, 0.25) is 0 Å². The molecule has 4 nitrogen and oxygen atoms in total. The Balaban J connectivity index is 1.81. The number of thiazole rings is 1. The van der Waals surface area contributed by atoms with E-state index in [4.69, 9.17) is 10.7 Å². The molecule has 0 aromatic carbocycles. The average molecular weight is 292 g/mol. The van der Waals surface area contributed by atoms with Gasteiger partial charge in [-0.2, -0.15) is 0 Å². The molecule has 0 radical (unpaired) electrons. The Bertz CT molecular complexity index is 565. The van der Waals surface area contributed by atoms with Gasteiger partial charge in [0.15, 0.2) is 10.8 Å². The van der Waals surface area contributed by atoms with E-state index < -0.39 is 0 Å². The zero-order chi connectivity index (χ0) is 14.1. The van der Waals surface area contributed by atoms with Crippen LogP contribution < -0.4 is 10.6 Å². The van der Waals surface area contributed by atoms with Crippen LogP contribution in [0.15, 0.2) is 11.6 Å². The lowest BCUT2D eigenvalue weighted by molar-refractivity contribution is 0.313. The molecule has 3 rings (SSSR count). The van der Waals surface area contributed by atoms with E-state index in [9.17, 15) is 0 Å². The van der Waals surface area contributed by atoms with Crippen LogP contribution in [0.3, 0.4) is 0 Å². The largest absolute Gasteiger partial charge is 0.355 e. The predicted octanol–water partition coefficient (Wildman–Crippen LogP) is 3.26. The predicted molar refractivity (Wildman–Crippen MR) is 85.4 cm³/mol. The van der Waals surface area contributed by atoms with E-state index in [2.05, 4.69) is 34.8 Å². The fraction of sp³-hybridized carbons (Fsp3) is 0.667. The summed E-state index contributed by atoms with van der Waals surface area (Å²) < 4.78 is 2.13. The molecule has 0 aliphatic heterocycles. The quantitative estimate of drug-likeness (QED) is 0.941. The minimum Gasteiger partial charge on any atom is -0.355 e. The second kappa shape index (κ2) is 5.74. The van der Waals surface area contributed by atoms with Gasteiger partial charge in [0.05, 0.1) is 5.69 Å². The molecule has 2 heterocycles. The molecule has 5 heteroatoms. The van der Waals surface area contributed by atoms with E-state index in [1.807, 2.05) is 0 Å². The molecule has 2 aromatic heterocycles.